The largest absolute Gasteiger partial charge is 0.370 e. The van der Waals surface area contributed by atoms with Crippen molar-refractivity contribution < 1.29 is 9.18 Å². The van der Waals surface area contributed by atoms with Gasteiger partial charge in [-0.1, -0.05) is 0 Å². The van der Waals surface area contributed by atoms with E-state index < -0.39 is 5.82 Å². The molecular formula is C12H13FN2O. The van der Waals surface area contributed by atoms with Crippen molar-refractivity contribution in [3.05, 3.63) is 29.6 Å². The average Bonchev–Trinajstić information content (AvgIpc) is 2.31. The van der Waals surface area contributed by atoms with Gasteiger partial charge in [-0.3, -0.25) is 4.79 Å². The highest BCUT2D eigenvalue weighted by Crippen LogP contribution is 2.20. The predicted molar refractivity (Wildman–Crippen MR) is 59.9 cm³/mol. The van der Waals surface area contributed by atoms with Crippen LogP contribution >= 0.6 is 0 Å². The lowest BCUT2D eigenvalue weighted by molar-refractivity contribution is 0.112. The summed E-state index contributed by atoms with van der Waals surface area (Å²) in [7, 11) is 0. The van der Waals surface area contributed by atoms with E-state index in [1.165, 1.54) is 12.1 Å². The number of hydrogen-bond donors (Lipinski definition) is 0. The van der Waals surface area contributed by atoms with Crippen LogP contribution in [0.1, 0.15) is 23.7 Å². The highest BCUT2D eigenvalue weighted by molar-refractivity contribution is 5.84. The highest BCUT2D eigenvalue weighted by Gasteiger charge is 2.09. The Balaban J connectivity index is 3.00. The molecule has 0 spiro atoms. The number of nitrogens with zero attached hydrogens (tertiary/aromatic N) is 2. The maximum atomic E-state index is 12.9. The SMILES string of the molecule is CCN(CCC#N)c1ccc(F)cc1C=O. The number of hydrogen-bond acceptors (Lipinski definition) is 3. The summed E-state index contributed by atoms with van der Waals surface area (Å²) in [5, 5.41) is 8.52. The van der Waals surface area contributed by atoms with Crippen LogP contribution < -0.4 is 4.90 Å². The predicted octanol–water partition coefficient (Wildman–Crippen LogP) is 2.38. The van der Waals surface area contributed by atoms with E-state index in [4.69, 9.17) is 5.26 Å². The molecule has 0 bridgehead atoms. The van der Waals surface area contributed by atoms with Crippen molar-refractivity contribution in [3.63, 3.8) is 0 Å². The van der Waals surface area contributed by atoms with Crippen LogP contribution in [0.5, 0.6) is 0 Å². The van der Waals surface area contributed by atoms with Gasteiger partial charge >= 0.3 is 0 Å². The van der Waals surface area contributed by atoms with Crippen LogP contribution in [0.4, 0.5) is 10.1 Å². The van der Waals surface area contributed by atoms with Crippen LogP contribution in [0.15, 0.2) is 18.2 Å². The number of nitriles is 1. The summed E-state index contributed by atoms with van der Waals surface area (Å²) >= 11 is 0. The number of anilines is 1. The first-order chi connectivity index (χ1) is 7.72. The van der Waals surface area contributed by atoms with E-state index in [1.807, 2.05) is 17.9 Å². The van der Waals surface area contributed by atoms with Crippen LogP contribution in [-0.4, -0.2) is 19.4 Å². The zero-order chi connectivity index (χ0) is 12.0. The first-order valence-corrected chi connectivity index (χ1v) is 5.09. The number of halogens is 1. The lowest BCUT2D eigenvalue weighted by Crippen LogP contribution is -2.24. The minimum Gasteiger partial charge on any atom is -0.370 e. The third-order valence-corrected chi connectivity index (χ3v) is 2.33. The van der Waals surface area contributed by atoms with Gasteiger partial charge < -0.3 is 4.90 Å². The Hall–Kier alpha value is -1.89. The molecular weight excluding hydrogens is 207 g/mol. The monoisotopic (exact) mass is 220 g/mol. The normalized spacial score (nSPS) is 9.56. The Morgan fingerprint density at radius 3 is 2.88 bits per heavy atom. The van der Waals surface area contributed by atoms with Crippen LogP contribution in [0.25, 0.3) is 0 Å². The molecule has 0 aromatic heterocycles. The molecule has 0 amide bonds. The third-order valence-electron chi connectivity index (χ3n) is 2.33. The molecule has 16 heavy (non-hydrogen) atoms. The molecule has 3 nitrogen and oxygen atoms in total. The van der Waals surface area contributed by atoms with Gasteiger partial charge in [-0.25, -0.2) is 4.39 Å². The van der Waals surface area contributed by atoms with Crippen LogP contribution in [0, 0.1) is 17.1 Å². The second-order valence-corrected chi connectivity index (χ2v) is 3.31. The Morgan fingerprint density at radius 1 is 1.56 bits per heavy atom. The van der Waals surface area contributed by atoms with Crippen LogP contribution in [0.2, 0.25) is 0 Å². The highest BCUT2D eigenvalue weighted by atomic mass is 19.1. The number of carbonyl (C=O) groups is 1. The van der Waals surface area contributed by atoms with E-state index in [9.17, 15) is 9.18 Å². The molecule has 1 aromatic rings. The van der Waals surface area contributed by atoms with Gasteiger partial charge in [-0.15, -0.1) is 0 Å². The Morgan fingerprint density at radius 2 is 2.31 bits per heavy atom. The summed E-state index contributed by atoms with van der Waals surface area (Å²) in [5.74, 6) is -0.429. The van der Waals surface area contributed by atoms with Crippen molar-refractivity contribution in [3.8, 4) is 6.07 Å². The number of rotatable bonds is 5. The number of benzene rings is 1. The minimum atomic E-state index is -0.429. The van der Waals surface area contributed by atoms with Gasteiger partial charge in [0.05, 0.1) is 12.5 Å². The summed E-state index contributed by atoms with van der Waals surface area (Å²) in [6.07, 6.45) is 1.01. The molecule has 0 N–H and O–H groups in total. The van der Waals surface area contributed by atoms with Gasteiger partial charge in [0.25, 0.3) is 0 Å². The van der Waals surface area contributed by atoms with Crippen LogP contribution in [0.3, 0.4) is 0 Å². The summed E-state index contributed by atoms with van der Waals surface area (Å²) in [4.78, 5) is 12.7. The second kappa shape index (κ2) is 5.86. The molecule has 0 radical (unpaired) electrons. The van der Waals surface area contributed by atoms with Gasteiger partial charge in [0.1, 0.15) is 5.82 Å². The van der Waals surface area contributed by atoms with Crippen molar-refractivity contribution in [2.45, 2.75) is 13.3 Å². The molecule has 0 fully saturated rings. The zero-order valence-electron chi connectivity index (χ0n) is 9.11. The third kappa shape index (κ3) is 2.80. The van der Waals surface area contributed by atoms with Crippen molar-refractivity contribution in [1.29, 1.82) is 5.26 Å². The maximum Gasteiger partial charge on any atom is 0.152 e. The number of aldehydes is 1. The fourth-order valence-electron chi connectivity index (χ4n) is 1.54. The van der Waals surface area contributed by atoms with Crippen molar-refractivity contribution in [2.75, 3.05) is 18.0 Å². The summed E-state index contributed by atoms with van der Waals surface area (Å²) in [6, 6.07) is 6.14. The Labute approximate surface area is 94.1 Å². The van der Waals surface area contributed by atoms with E-state index >= 15 is 0 Å². The molecule has 0 unspecified atom stereocenters. The summed E-state index contributed by atoms with van der Waals surface area (Å²) in [6.45, 7) is 3.14. The molecule has 84 valence electrons. The summed E-state index contributed by atoms with van der Waals surface area (Å²) < 4.78 is 12.9. The van der Waals surface area contributed by atoms with Crippen molar-refractivity contribution >= 4 is 12.0 Å². The lowest BCUT2D eigenvalue weighted by Gasteiger charge is -2.23. The van der Waals surface area contributed by atoms with Crippen molar-refractivity contribution in [2.24, 2.45) is 0 Å². The van der Waals surface area contributed by atoms with E-state index in [0.29, 0.717) is 37.0 Å². The Kier molecular flexibility index (Phi) is 4.46. The fraction of sp³-hybridized carbons (Fsp3) is 0.333. The molecule has 0 saturated heterocycles. The lowest BCUT2D eigenvalue weighted by atomic mass is 10.1. The maximum absolute atomic E-state index is 12.9. The van der Waals surface area contributed by atoms with Gasteiger partial charge in [-0.2, -0.15) is 5.26 Å². The number of carbonyl (C=O) groups excluding carboxylic acids is 1. The average molecular weight is 220 g/mol. The molecule has 0 heterocycles. The van der Waals surface area contributed by atoms with Gasteiger partial charge in [0.15, 0.2) is 6.29 Å². The van der Waals surface area contributed by atoms with Gasteiger partial charge in [-0.05, 0) is 25.1 Å². The van der Waals surface area contributed by atoms with E-state index in [-0.39, 0.29) is 0 Å². The molecule has 0 aliphatic carbocycles. The molecule has 0 aliphatic rings. The molecule has 0 atom stereocenters. The molecule has 0 aliphatic heterocycles. The second-order valence-electron chi connectivity index (χ2n) is 3.31. The topological polar surface area (TPSA) is 44.1 Å². The van der Waals surface area contributed by atoms with E-state index in [0.717, 1.165) is 0 Å². The molecule has 0 saturated carbocycles. The molecule has 1 aromatic carbocycles. The van der Waals surface area contributed by atoms with E-state index in [1.54, 1.807) is 6.07 Å². The quantitative estimate of drug-likeness (QED) is 0.715. The fourth-order valence-corrected chi connectivity index (χ4v) is 1.54. The smallest absolute Gasteiger partial charge is 0.152 e. The minimum absolute atomic E-state index is 0.319. The molecule has 4 heteroatoms. The van der Waals surface area contributed by atoms with Gasteiger partial charge in [0, 0.05) is 24.3 Å². The summed E-state index contributed by atoms with van der Waals surface area (Å²) in [5.41, 5.74) is 0.994. The zero-order valence-corrected chi connectivity index (χ0v) is 9.11. The van der Waals surface area contributed by atoms with E-state index in [2.05, 4.69) is 0 Å². The van der Waals surface area contributed by atoms with Crippen LogP contribution in [-0.2, 0) is 0 Å². The molecule has 1 rings (SSSR count). The first-order valence-electron chi connectivity index (χ1n) is 5.09. The Bertz CT molecular complexity index is 412. The first kappa shape index (κ1) is 12.2. The standard InChI is InChI=1S/C12H13FN2O/c1-2-15(7-3-6-14)12-5-4-11(13)8-10(12)9-16/h4-5,8-9H,2-3,7H2,1H3. The van der Waals surface area contributed by atoms with Crippen molar-refractivity contribution in [1.82, 2.24) is 0 Å². The van der Waals surface area contributed by atoms with Gasteiger partial charge in [0.2, 0.25) is 0 Å².